The van der Waals surface area contributed by atoms with Gasteiger partial charge in [0.1, 0.15) is 11.3 Å². The lowest BCUT2D eigenvalue weighted by atomic mass is 10.1. The molecule has 1 aliphatic heterocycles. The van der Waals surface area contributed by atoms with Crippen molar-refractivity contribution in [2.45, 2.75) is 45.1 Å². The molecule has 2 amide bonds. The zero-order valence-electron chi connectivity index (χ0n) is 15.4. The van der Waals surface area contributed by atoms with Gasteiger partial charge in [-0.15, -0.1) is 0 Å². The van der Waals surface area contributed by atoms with E-state index in [4.69, 9.17) is 4.42 Å². The van der Waals surface area contributed by atoms with E-state index < -0.39 is 11.5 Å². The van der Waals surface area contributed by atoms with E-state index in [0.717, 1.165) is 12.8 Å². The molecule has 0 saturated carbocycles. The minimum absolute atomic E-state index is 0.00945. The highest BCUT2D eigenvalue weighted by Gasteiger charge is 2.23. The summed E-state index contributed by atoms with van der Waals surface area (Å²) in [6, 6.07) is 11.8. The highest BCUT2D eigenvalue weighted by Crippen LogP contribution is 2.12. The van der Waals surface area contributed by atoms with Crippen LogP contribution in [0.25, 0.3) is 0 Å². The van der Waals surface area contributed by atoms with Gasteiger partial charge in [0.15, 0.2) is 0 Å². The van der Waals surface area contributed by atoms with Gasteiger partial charge in [0.05, 0.1) is 0 Å². The van der Waals surface area contributed by atoms with E-state index in [0.29, 0.717) is 37.1 Å². The molecule has 6 nitrogen and oxygen atoms in total. The number of aryl methyl sites for hydroxylation is 3. The van der Waals surface area contributed by atoms with E-state index >= 15 is 0 Å². The fourth-order valence-electron chi connectivity index (χ4n) is 3.32. The Balaban J connectivity index is 1.57. The average molecular weight is 368 g/mol. The number of nitrogens with one attached hydrogen (secondary N) is 2. The number of rotatable bonds is 7. The van der Waals surface area contributed by atoms with Gasteiger partial charge in [0.2, 0.25) is 5.91 Å². The fraction of sp³-hybridized carbons (Fsp3) is 0.381. The van der Waals surface area contributed by atoms with Crippen LogP contribution in [0.3, 0.4) is 0 Å². The van der Waals surface area contributed by atoms with E-state index in [1.807, 2.05) is 18.2 Å². The summed E-state index contributed by atoms with van der Waals surface area (Å²) < 4.78 is 5.35. The Morgan fingerprint density at radius 3 is 2.67 bits per heavy atom. The smallest absolute Gasteiger partial charge is 0.349 e. The molecule has 27 heavy (non-hydrogen) atoms. The highest BCUT2D eigenvalue weighted by atomic mass is 16.4. The summed E-state index contributed by atoms with van der Waals surface area (Å²) in [7, 11) is 0. The van der Waals surface area contributed by atoms with Gasteiger partial charge in [-0.25, -0.2) is 4.79 Å². The van der Waals surface area contributed by atoms with Crippen LogP contribution in [0.1, 0.15) is 46.5 Å². The van der Waals surface area contributed by atoms with E-state index in [1.54, 1.807) is 13.0 Å². The third kappa shape index (κ3) is 5.06. The third-order valence-corrected chi connectivity index (χ3v) is 4.75. The van der Waals surface area contributed by atoms with Crippen molar-refractivity contribution < 1.29 is 14.0 Å². The summed E-state index contributed by atoms with van der Waals surface area (Å²) >= 11 is 0. The molecule has 0 bridgehead atoms. The van der Waals surface area contributed by atoms with E-state index in [9.17, 15) is 14.4 Å². The lowest BCUT2D eigenvalue weighted by molar-refractivity contribution is -0.119. The number of benzene rings is 1. The molecule has 3 rings (SSSR count). The maximum Gasteiger partial charge on any atom is 0.349 e. The molecule has 1 aliphatic rings. The van der Waals surface area contributed by atoms with Crippen LogP contribution in [0.4, 0.5) is 0 Å². The standard InChI is InChI=1S/C21H24N2O4/c1-14-12-17(9-5-8-15-6-3-2-4-7-15)27-21(26)19(14)20(25)22-13-16-10-11-18(24)23-16/h2-4,6-7,12,16H,5,8-11,13H2,1H3,(H,22,25)(H,23,24). The van der Waals surface area contributed by atoms with Crippen LogP contribution in [0.5, 0.6) is 0 Å². The quantitative estimate of drug-likeness (QED) is 0.784. The predicted octanol–water partition coefficient (Wildman–Crippen LogP) is 2.13. The summed E-state index contributed by atoms with van der Waals surface area (Å²) in [6.07, 6.45) is 3.56. The number of carbonyl (C=O) groups excluding carboxylic acids is 2. The minimum atomic E-state index is -0.613. The molecule has 6 heteroatoms. The van der Waals surface area contributed by atoms with Gasteiger partial charge in [-0.05, 0) is 43.4 Å². The molecule has 142 valence electrons. The zero-order valence-corrected chi connectivity index (χ0v) is 15.4. The van der Waals surface area contributed by atoms with E-state index in [2.05, 4.69) is 22.8 Å². The van der Waals surface area contributed by atoms with Crippen LogP contribution in [0.15, 0.2) is 45.6 Å². The Kier molecular flexibility index (Phi) is 6.06. The molecule has 2 N–H and O–H groups in total. The molecule has 1 fully saturated rings. The second-order valence-corrected chi connectivity index (χ2v) is 6.91. The van der Waals surface area contributed by atoms with Crippen LogP contribution in [0, 0.1) is 6.92 Å². The molecule has 1 aromatic heterocycles. The average Bonchev–Trinajstić information content (AvgIpc) is 3.06. The zero-order chi connectivity index (χ0) is 19.2. The van der Waals surface area contributed by atoms with Crippen LogP contribution < -0.4 is 16.3 Å². The summed E-state index contributed by atoms with van der Waals surface area (Å²) in [5.41, 5.74) is 1.27. The van der Waals surface area contributed by atoms with Gasteiger partial charge in [-0.3, -0.25) is 9.59 Å². The molecular formula is C21H24N2O4. The third-order valence-electron chi connectivity index (χ3n) is 4.75. The molecule has 1 saturated heterocycles. The Morgan fingerprint density at radius 2 is 2.00 bits per heavy atom. The molecule has 1 unspecified atom stereocenters. The lowest BCUT2D eigenvalue weighted by Crippen LogP contribution is -2.40. The van der Waals surface area contributed by atoms with Crippen molar-refractivity contribution >= 4 is 11.8 Å². The second kappa shape index (κ2) is 8.66. The van der Waals surface area contributed by atoms with E-state index in [1.165, 1.54) is 5.56 Å². The molecule has 0 radical (unpaired) electrons. The van der Waals surface area contributed by atoms with Crippen molar-refractivity contribution in [3.8, 4) is 0 Å². The van der Waals surface area contributed by atoms with Gasteiger partial charge in [-0.1, -0.05) is 30.3 Å². The predicted molar refractivity (Wildman–Crippen MR) is 102 cm³/mol. The van der Waals surface area contributed by atoms with Gasteiger partial charge < -0.3 is 15.1 Å². The number of carbonyl (C=O) groups is 2. The van der Waals surface area contributed by atoms with Crippen molar-refractivity contribution in [2.75, 3.05) is 6.54 Å². The maximum absolute atomic E-state index is 12.4. The lowest BCUT2D eigenvalue weighted by Gasteiger charge is -2.12. The number of hydrogen-bond acceptors (Lipinski definition) is 4. The monoisotopic (exact) mass is 368 g/mol. The Hall–Kier alpha value is -2.89. The fourth-order valence-corrected chi connectivity index (χ4v) is 3.32. The Labute approximate surface area is 158 Å². The first-order chi connectivity index (χ1) is 13.0. The summed E-state index contributed by atoms with van der Waals surface area (Å²) in [5, 5.41) is 5.49. The van der Waals surface area contributed by atoms with Gasteiger partial charge in [-0.2, -0.15) is 0 Å². The summed E-state index contributed by atoms with van der Waals surface area (Å²) in [5.74, 6) is 0.121. The van der Waals surface area contributed by atoms with Gasteiger partial charge >= 0.3 is 5.63 Å². The second-order valence-electron chi connectivity index (χ2n) is 6.91. The van der Waals surface area contributed by atoms with Crippen molar-refractivity contribution in [2.24, 2.45) is 0 Å². The van der Waals surface area contributed by atoms with Crippen molar-refractivity contribution in [1.29, 1.82) is 0 Å². The molecule has 1 atom stereocenters. The summed E-state index contributed by atoms with van der Waals surface area (Å²) in [6.45, 7) is 2.05. The largest absolute Gasteiger partial charge is 0.427 e. The number of amides is 2. The minimum Gasteiger partial charge on any atom is -0.427 e. The normalized spacial score (nSPS) is 16.2. The molecule has 1 aromatic carbocycles. The van der Waals surface area contributed by atoms with Crippen LogP contribution >= 0.6 is 0 Å². The van der Waals surface area contributed by atoms with Gasteiger partial charge in [0, 0.05) is 25.4 Å². The first-order valence-electron chi connectivity index (χ1n) is 9.28. The van der Waals surface area contributed by atoms with E-state index in [-0.39, 0.29) is 17.5 Å². The topological polar surface area (TPSA) is 88.4 Å². The van der Waals surface area contributed by atoms with Crippen LogP contribution in [0.2, 0.25) is 0 Å². The first-order valence-corrected chi connectivity index (χ1v) is 9.28. The van der Waals surface area contributed by atoms with Crippen molar-refractivity contribution in [3.05, 3.63) is 69.3 Å². The number of hydrogen-bond donors (Lipinski definition) is 2. The SMILES string of the molecule is Cc1cc(CCCc2ccccc2)oc(=O)c1C(=O)NCC1CCC(=O)N1. The molecular weight excluding hydrogens is 344 g/mol. The maximum atomic E-state index is 12.4. The summed E-state index contributed by atoms with van der Waals surface area (Å²) in [4.78, 5) is 35.8. The highest BCUT2D eigenvalue weighted by molar-refractivity contribution is 5.95. The van der Waals surface area contributed by atoms with Crippen LogP contribution in [-0.2, 0) is 17.6 Å². The van der Waals surface area contributed by atoms with Crippen LogP contribution in [-0.4, -0.2) is 24.4 Å². The van der Waals surface area contributed by atoms with Crippen molar-refractivity contribution in [1.82, 2.24) is 10.6 Å². The molecule has 0 aliphatic carbocycles. The first kappa shape index (κ1) is 18.9. The molecule has 2 aromatic rings. The Morgan fingerprint density at radius 1 is 1.22 bits per heavy atom. The van der Waals surface area contributed by atoms with Crippen molar-refractivity contribution in [3.63, 3.8) is 0 Å². The molecule has 2 heterocycles. The molecule has 0 spiro atoms. The Bertz CT molecular complexity index is 873. The van der Waals surface area contributed by atoms with Gasteiger partial charge in [0.25, 0.3) is 5.91 Å².